The summed E-state index contributed by atoms with van der Waals surface area (Å²) in [7, 11) is -2.25. The number of thioether (sulfide) groups is 1. The van der Waals surface area contributed by atoms with E-state index < -0.39 is 10.0 Å². The van der Waals surface area contributed by atoms with E-state index in [1.807, 2.05) is 0 Å². The average Bonchev–Trinajstić information content (AvgIpc) is 3.16. The minimum Gasteiger partial charge on any atom is -0.378 e. The fourth-order valence-corrected chi connectivity index (χ4v) is 5.05. The number of hydrogen-bond donors (Lipinski definition) is 2. The molecule has 2 N–H and O–H groups in total. The lowest BCUT2D eigenvalue weighted by Gasteiger charge is -2.28. The van der Waals surface area contributed by atoms with Crippen molar-refractivity contribution in [3.05, 3.63) is 23.8 Å². The number of benzene rings is 1. The number of morpholine rings is 1. The molecule has 0 atom stereocenters. The van der Waals surface area contributed by atoms with Crippen LogP contribution in [0.5, 0.6) is 0 Å². The van der Waals surface area contributed by atoms with Gasteiger partial charge in [0.2, 0.25) is 21.9 Å². The van der Waals surface area contributed by atoms with E-state index in [0.717, 1.165) is 25.6 Å². The second-order valence-electron chi connectivity index (χ2n) is 7.91. The van der Waals surface area contributed by atoms with Gasteiger partial charge in [-0.2, -0.15) is 0 Å². The Kier molecular flexibility index (Phi) is 8.15. The lowest BCUT2D eigenvalue weighted by atomic mass is 10.2. The highest BCUT2D eigenvalue weighted by Gasteiger charge is 2.22. The molecule has 12 heteroatoms. The van der Waals surface area contributed by atoms with Crippen LogP contribution < -0.4 is 14.9 Å². The maximum atomic E-state index is 12.6. The molecule has 0 spiro atoms. The number of anilines is 2. The van der Waals surface area contributed by atoms with Crippen molar-refractivity contribution in [1.29, 1.82) is 0 Å². The molecule has 176 valence electrons. The molecule has 2 aromatic rings. The largest absolute Gasteiger partial charge is 0.378 e. The Morgan fingerprint density at radius 1 is 1.25 bits per heavy atom. The van der Waals surface area contributed by atoms with Crippen LogP contribution in [0.15, 0.2) is 28.3 Å². The van der Waals surface area contributed by atoms with Gasteiger partial charge in [0.05, 0.1) is 23.9 Å². The molecule has 0 saturated carbocycles. The molecule has 3 rings (SSSR count). The minimum atomic E-state index is -3.61. The molecular weight excluding hydrogens is 452 g/mol. The molecule has 1 fully saturated rings. The second-order valence-corrected chi connectivity index (χ2v) is 10.7. The first-order valence-electron chi connectivity index (χ1n) is 10.4. The molecule has 0 bridgehead atoms. The monoisotopic (exact) mass is 482 g/mol. The number of carbonyl (C=O) groups is 1. The Labute approximate surface area is 193 Å². The molecule has 2 heterocycles. The summed E-state index contributed by atoms with van der Waals surface area (Å²) in [6.07, 6.45) is 0. The smallest absolute Gasteiger partial charge is 0.240 e. The zero-order chi connectivity index (χ0) is 23.3. The zero-order valence-electron chi connectivity index (χ0n) is 18.8. The van der Waals surface area contributed by atoms with Gasteiger partial charge in [-0.25, -0.2) is 13.1 Å². The van der Waals surface area contributed by atoms with Crippen molar-refractivity contribution >= 4 is 39.3 Å². The van der Waals surface area contributed by atoms with E-state index in [0.29, 0.717) is 35.5 Å². The van der Waals surface area contributed by atoms with Crippen LogP contribution in [0.1, 0.15) is 19.4 Å². The molecule has 1 saturated heterocycles. The summed E-state index contributed by atoms with van der Waals surface area (Å²) in [5, 5.41) is 12.1. The van der Waals surface area contributed by atoms with Gasteiger partial charge in [-0.1, -0.05) is 31.7 Å². The zero-order valence-corrected chi connectivity index (χ0v) is 20.4. The van der Waals surface area contributed by atoms with Gasteiger partial charge in [-0.15, -0.1) is 10.2 Å². The summed E-state index contributed by atoms with van der Waals surface area (Å²) in [5.74, 6) is 1.06. The number of sulfonamides is 1. The van der Waals surface area contributed by atoms with Crippen LogP contribution in [-0.2, 0) is 26.1 Å². The standard InChI is InChI=1S/C20H30N6O4S2/c1-14(2)12-26-19(25-7-9-30-10-8-25)23-24-20(26)31-13-18(27)22-16-6-5-15(3)17(11-16)32(28,29)21-4/h5-6,11,14,21H,7-10,12-13H2,1-4H3,(H,22,27). The summed E-state index contributed by atoms with van der Waals surface area (Å²) in [4.78, 5) is 14.9. The Morgan fingerprint density at radius 2 is 1.97 bits per heavy atom. The number of rotatable bonds is 9. The Hall–Kier alpha value is -2.15. The van der Waals surface area contributed by atoms with Gasteiger partial charge in [0.15, 0.2) is 5.16 Å². The fourth-order valence-electron chi connectivity index (χ4n) is 3.31. The van der Waals surface area contributed by atoms with Gasteiger partial charge >= 0.3 is 0 Å². The molecule has 0 unspecified atom stereocenters. The number of ether oxygens (including phenoxy) is 1. The first-order chi connectivity index (χ1) is 15.2. The second kappa shape index (κ2) is 10.6. The van der Waals surface area contributed by atoms with Gasteiger partial charge < -0.3 is 15.0 Å². The predicted molar refractivity (Wildman–Crippen MR) is 125 cm³/mol. The lowest BCUT2D eigenvalue weighted by Crippen LogP contribution is -2.38. The fraction of sp³-hybridized carbons (Fsp3) is 0.550. The van der Waals surface area contributed by atoms with Crippen LogP contribution in [0.4, 0.5) is 11.6 Å². The van der Waals surface area contributed by atoms with E-state index >= 15 is 0 Å². The topological polar surface area (TPSA) is 118 Å². The first-order valence-corrected chi connectivity index (χ1v) is 12.9. The van der Waals surface area contributed by atoms with E-state index in [9.17, 15) is 13.2 Å². The summed E-state index contributed by atoms with van der Waals surface area (Å²) in [6, 6.07) is 4.81. The van der Waals surface area contributed by atoms with Crippen molar-refractivity contribution < 1.29 is 17.9 Å². The molecule has 1 aromatic carbocycles. The molecule has 1 aliphatic rings. The van der Waals surface area contributed by atoms with Crippen molar-refractivity contribution in [2.45, 2.75) is 37.4 Å². The highest BCUT2D eigenvalue weighted by atomic mass is 32.2. The van der Waals surface area contributed by atoms with Gasteiger partial charge in [0.1, 0.15) is 0 Å². The molecule has 1 aromatic heterocycles. The number of aryl methyl sites for hydroxylation is 1. The van der Waals surface area contributed by atoms with Crippen molar-refractivity contribution in [2.75, 3.05) is 49.3 Å². The highest BCUT2D eigenvalue weighted by Crippen LogP contribution is 2.25. The van der Waals surface area contributed by atoms with Crippen LogP contribution in [0.2, 0.25) is 0 Å². The van der Waals surface area contributed by atoms with Crippen LogP contribution in [0, 0.1) is 12.8 Å². The molecular formula is C20H30N6O4S2. The minimum absolute atomic E-state index is 0.126. The molecule has 10 nitrogen and oxygen atoms in total. The van der Waals surface area contributed by atoms with E-state index in [1.54, 1.807) is 19.1 Å². The first kappa shape index (κ1) is 24.5. The van der Waals surface area contributed by atoms with Crippen LogP contribution >= 0.6 is 11.8 Å². The molecule has 1 amide bonds. The van der Waals surface area contributed by atoms with E-state index in [1.165, 1.54) is 24.9 Å². The number of amides is 1. The van der Waals surface area contributed by atoms with E-state index in [2.05, 4.69) is 43.6 Å². The molecule has 0 aliphatic carbocycles. The third kappa shape index (κ3) is 6.00. The third-order valence-electron chi connectivity index (χ3n) is 4.90. The SMILES string of the molecule is CNS(=O)(=O)c1cc(NC(=O)CSc2nnc(N3CCOCC3)n2CC(C)C)ccc1C. The summed E-state index contributed by atoms with van der Waals surface area (Å²) in [5.41, 5.74) is 1.02. The van der Waals surface area contributed by atoms with Gasteiger partial charge in [-0.3, -0.25) is 9.36 Å². The Balaban J connectivity index is 1.70. The number of nitrogens with one attached hydrogen (secondary N) is 2. The number of aromatic nitrogens is 3. The van der Waals surface area contributed by atoms with Gasteiger partial charge in [0.25, 0.3) is 0 Å². The van der Waals surface area contributed by atoms with Crippen molar-refractivity contribution in [1.82, 2.24) is 19.5 Å². The predicted octanol–water partition coefficient (Wildman–Crippen LogP) is 1.72. The highest BCUT2D eigenvalue weighted by molar-refractivity contribution is 7.99. The van der Waals surface area contributed by atoms with Gasteiger partial charge in [-0.05, 0) is 37.6 Å². The quantitative estimate of drug-likeness (QED) is 0.519. The number of nitrogens with zero attached hydrogens (tertiary/aromatic N) is 4. The van der Waals surface area contributed by atoms with Gasteiger partial charge in [0, 0.05) is 25.3 Å². The normalized spacial score (nSPS) is 14.7. The Bertz CT molecular complexity index is 1050. The van der Waals surface area contributed by atoms with Crippen molar-refractivity contribution in [3.63, 3.8) is 0 Å². The third-order valence-corrected chi connectivity index (χ3v) is 7.42. The van der Waals surface area contributed by atoms with E-state index in [4.69, 9.17) is 4.74 Å². The average molecular weight is 483 g/mol. The molecule has 32 heavy (non-hydrogen) atoms. The summed E-state index contributed by atoms with van der Waals surface area (Å²) in [6.45, 7) is 9.52. The number of hydrogen-bond acceptors (Lipinski definition) is 8. The van der Waals surface area contributed by atoms with Crippen molar-refractivity contribution in [2.24, 2.45) is 5.92 Å². The van der Waals surface area contributed by atoms with Crippen LogP contribution in [-0.4, -0.2) is 68.2 Å². The maximum Gasteiger partial charge on any atom is 0.240 e. The van der Waals surface area contributed by atoms with Crippen LogP contribution in [0.3, 0.4) is 0 Å². The number of carbonyl (C=O) groups excluding carboxylic acids is 1. The molecule has 0 radical (unpaired) electrons. The maximum absolute atomic E-state index is 12.6. The summed E-state index contributed by atoms with van der Waals surface area (Å²) >= 11 is 1.31. The van der Waals surface area contributed by atoms with Crippen molar-refractivity contribution in [3.8, 4) is 0 Å². The molecule has 1 aliphatic heterocycles. The van der Waals surface area contributed by atoms with Crippen LogP contribution in [0.25, 0.3) is 0 Å². The summed E-state index contributed by atoms with van der Waals surface area (Å²) < 4.78 is 34.1. The Morgan fingerprint density at radius 3 is 2.62 bits per heavy atom. The van der Waals surface area contributed by atoms with E-state index in [-0.39, 0.29) is 16.6 Å². The lowest BCUT2D eigenvalue weighted by molar-refractivity contribution is -0.113.